The highest BCUT2D eigenvalue weighted by Crippen LogP contribution is 2.31. The maximum absolute atomic E-state index is 13.3. The number of likely N-dealkylation sites (N-methyl/N-ethyl adjacent to an activating group) is 1. The summed E-state index contributed by atoms with van der Waals surface area (Å²) in [7, 11) is 1.91. The van der Waals surface area contributed by atoms with E-state index in [1.54, 1.807) is 4.90 Å². The Morgan fingerprint density at radius 3 is 2.55 bits per heavy atom. The van der Waals surface area contributed by atoms with Gasteiger partial charge >= 0.3 is 0 Å². The standard InChI is InChI=1S/C27H26N4O2/c1-19-15-26(32)29-24-9-5-6-10-25(24)31(19)27(33)18-30(2)17-20-11-13-21(14-12-20)23-8-4-3-7-22(23)16-28/h3-14,19H,15,17-18H2,1-2H3,(H,29,32). The molecule has 0 aromatic heterocycles. The molecular formula is C27H26N4O2. The molecule has 4 rings (SSSR count). The van der Waals surface area contributed by atoms with Crippen LogP contribution in [-0.4, -0.2) is 36.3 Å². The smallest absolute Gasteiger partial charge is 0.241 e. The topological polar surface area (TPSA) is 76.4 Å². The van der Waals surface area contributed by atoms with E-state index in [1.165, 1.54) is 0 Å². The van der Waals surface area contributed by atoms with Crippen LogP contribution in [0.25, 0.3) is 11.1 Å². The van der Waals surface area contributed by atoms with E-state index in [2.05, 4.69) is 11.4 Å². The first-order valence-electron chi connectivity index (χ1n) is 10.9. The minimum absolute atomic E-state index is 0.0477. The van der Waals surface area contributed by atoms with Crippen LogP contribution in [0, 0.1) is 11.3 Å². The number of nitrogens with one attached hydrogen (secondary N) is 1. The molecule has 6 nitrogen and oxygen atoms in total. The van der Waals surface area contributed by atoms with Gasteiger partial charge in [0, 0.05) is 19.0 Å². The lowest BCUT2D eigenvalue weighted by atomic mass is 9.99. The molecule has 1 aliphatic rings. The molecule has 1 heterocycles. The average Bonchev–Trinajstić information content (AvgIpc) is 2.93. The molecule has 2 amide bonds. The first-order chi connectivity index (χ1) is 16.0. The van der Waals surface area contributed by atoms with Gasteiger partial charge in [-0.1, -0.05) is 54.6 Å². The number of para-hydroxylation sites is 2. The summed E-state index contributed by atoms with van der Waals surface area (Å²) in [5, 5.41) is 12.2. The van der Waals surface area contributed by atoms with Crippen molar-refractivity contribution in [2.45, 2.75) is 25.9 Å². The van der Waals surface area contributed by atoms with Crippen LogP contribution in [-0.2, 0) is 16.1 Å². The predicted molar refractivity (Wildman–Crippen MR) is 130 cm³/mol. The van der Waals surface area contributed by atoms with Gasteiger partial charge in [-0.2, -0.15) is 5.26 Å². The Labute approximate surface area is 194 Å². The van der Waals surface area contributed by atoms with Crippen molar-refractivity contribution in [3.05, 3.63) is 83.9 Å². The molecular weight excluding hydrogens is 412 g/mol. The molecule has 0 fully saturated rings. The van der Waals surface area contributed by atoms with E-state index in [0.717, 1.165) is 22.4 Å². The number of nitrogens with zero attached hydrogens (tertiary/aromatic N) is 3. The van der Waals surface area contributed by atoms with E-state index in [0.29, 0.717) is 17.8 Å². The molecule has 6 heteroatoms. The van der Waals surface area contributed by atoms with E-state index in [9.17, 15) is 14.9 Å². The zero-order valence-corrected chi connectivity index (χ0v) is 18.8. The molecule has 1 N–H and O–H groups in total. The van der Waals surface area contributed by atoms with Crippen molar-refractivity contribution >= 4 is 23.2 Å². The van der Waals surface area contributed by atoms with Crippen LogP contribution in [0.4, 0.5) is 11.4 Å². The minimum atomic E-state index is -0.228. The number of rotatable bonds is 5. The van der Waals surface area contributed by atoms with Crippen molar-refractivity contribution in [3.63, 3.8) is 0 Å². The van der Waals surface area contributed by atoms with Crippen molar-refractivity contribution in [2.75, 3.05) is 23.8 Å². The van der Waals surface area contributed by atoms with E-state index in [4.69, 9.17) is 0 Å². The van der Waals surface area contributed by atoms with E-state index in [-0.39, 0.29) is 30.8 Å². The largest absolute Gasteiger partial charge is 0.324 e. The third kappa shape index (κ3) is 4.94. The van der Waals surface area contributed by atoms with Crippen LogP contribution < -0.4 is 10.2 Å². The lowest BCUT2D eigenvalue weighted by molar-refractivity contribution is -0.120. The van der Waals surface area contributed by atoms with Crippen LogP contribution in [0.3, 0.4) is 0 Å². The van der Waals surface area contributed by atoms with E-state index < -0.39 is 0 Å². The summed E-state index contributed by atoms with van der Waals surface area (Å²) in [5.41, 5.74) is 5.01. The average molecular weight is 439 g/mol. The number of hydrogen-bond donors (Lipinski definition) is 1. The molecule has 0 saturated carbocycles. The van der Waals surface area contributed by atoms with Gasteiger partial charge in [0.2, 0.25) is 11.8 Å². The summed E-state index contributed by atoms with van der Waals surface area (Å²) < 4.78 is 0. The number of amides is 2. The molecule has 0 radical (unpaired) electrons. The number of anilines is 2. The zero-order valence-electron chi connectivity index (χ0n) is 18.8. The van der Waals surface area contributed by atoms with Gasteiger partial charge < -0.3 is 10.2 Å². The Morgan fingerprint density at radius 1 is 1.09 bits per heavy atom. The van der Waals surface area contributed by atoms with Gasteiger partial charge in [-0.25, -0.2) is 0 Å². The molecule has 0 aliphatic carbocycles. The molecule has 3 aromatic rings. The predicted octanol–water partition coefficient (Wildman–Crippen LogP) is 4.42. The van der Waals surface area contributed by atoms with Crippen molar-refractivity contribution in [2.24, 2.45) is 0 Å². The highest BCUT2D eigenvalue weighted by Gasteiger charge is 2.29. The van der Waals surface area contributed by atoms with Gasteiger partial charge in [0.05, 0.1) is 29.6 Å². The first kappa shape index (κ1) is 22.3. The summed E-state index contributed by atoms with van der Waals surface area (Å²) in [5.74, 6) is -0.134. The second kappa shape index (κ2) is 9.68. The van der Waals surface area contributed by atoms with Crippen molar-refractivity contribution in [3.8, 4) is 17.2 Å². The van der Waals surface area contributed by atoms with Crippen molar-refractivity contribution in [1.82, 2.24) is 4.90 Å². The summed E-state index contributed by atoms with van der Waals surface area (Å²) in [6.45, 7) is 2.73. The fourth-order valence-corrected chi connectivity index (χ4v) is 4.26. The Morgan fingerprint density at radius 2 is 1.79 bits per heavy atom. The molecule has 3 aromatic carbocycles. The number of carbonyl (C=O) groups excluding carboxylic acids is 2. The summed E-state index contributed by atoms with van der Waals surface area (Å²) in [6, 6.07) is 25.0. The summed E-state index contributed by atoms with van der Waals surface area (Å²) in [6.07, 6.45) is 0.260. The van der Waals surface area contributed by atoms with Gasteiger partial charge in [0.1, 0.15) is 0 Å². The molecule has 1 atom stereocenters. The van der Waals surface area contributed by atoms with Crippen molar-refractivity contribution in [1.29, 1.82) is 5.26 Å². The number of fused-ring (bicyclic) bond motifs is 1. The molecule has 1 aliphatic heterocycles. The second-order valence-corrected chi connectivity index (χ2v) is 8.41. The molecule has 0 spiro atoms. The lowest BCUT2D eigenvalue weighted by Crippen LogP contribution is -2.44. The molecule has 1 unspecified atom stereocenters. The van der Waals surface area contributed by atoms with Crippen molar-refractivity contribution < 1.29 is 9.59 Å². The number of carbonyl (C=O) groups is 2. The Hall–Kier alpha value is -3.95. The number of hydrogen-bond acceptors (Lipinski definition) is 4. The van der Waals surface area contributed by atoms with Crippen LogP contribution in [0.5, 0.6) is 0 Å². The molecule has 166 valence electrons. The van der Waals surface area contributed by atoms with Crippen LogP contribution >= 0.6 is 0 Å². The van der Waals surface area contributed by atoms with E-state index in [1.807, 2.05) is 91.7 Å². The normalized spacial score (nSPS) is 15.4. The van der Waals surface area contributed by atoms with Crippen LogP contribution in [0.2, 0.25) is 0 Å². The third-order valence-electron chi connectivity index (χ3n) is 5.80. The maximum Gasteiger partial charge on any atom is 0.241 e. The van der Waals surface area contributed by atoms with Gasteiger partial charge in [-0.3, -0.25) is 14.5 Å². The Bertz CT molecular complexity index is 1210. The highest BCUT2D eigenvalue weighted by atomic mass is 16.2. The maximum atomic E-state index is 13.3. The first-order valence-corrected chi connectivity index (χ1v) is 10.9. The van der Waals surface area contributed by atoms with Crippen LogP contribution in [0.1, 0.15) is 24.5 Å². The Kier molecular flexibility index (Phi) is 6.53. The Balaban J connectivity index is 1.46. The van der Waals surface area contributed by atoms with E-state index >= 15 is 0 Å². The van der Waals surface area contributed by atoms with Gasteiger partial charge in [-0.15, -0.1) is 0 Å². The fourth-order valence-electron chi connectivity index (χ4n) is 4.26. The number of nitriles is 1. The minimum Gasteiger partial charge on any atom is -0.324 e. The highest BCUT2D eigenvalue weighted by molar-refractivity contribution is 6.04. The summed E-state index contributed by atoms with van der Waals surface area (Å²) >= 11 is 0. The molecule has 0 saturated heterocycles. The monoisotopic (exact) mass is 438 g/mol. The quantitative estimate of drug-likeness (QED) is 0.640. The molecule has 0 bridgehead atoms. The number of benzene rings is 3. The zero-order chi connectivity index (χ0) is 23.4. The third-order valence-corrected chi connectivity index (χ3v) is 5.80. The van der Waals surface area contributed by atoms with Gasteiger partial charge in [-0.05, 0) is 48.9 Å². The summed E-state index contributed by atoms with van der Waals surface area (Å²) in [4.78, 5) is 29.1. The fraction of sp³-hybridized carbons (Fsp3) is 0.222. The SMILES string of the molecule is CC1CC(=O)Nc2ccccc2N1C(=O)CN(C)Cc1ccc(-c2ccccc2C#N)cc1. The molecule has 33 heavy (non-hydrogen) atoms. The van der Waals surface area contributed by atoms with Gasteiger partial charge in [0.15, 0.2) is 0 Å². The van der Waals surface area contributed by atoms with Gasteiger partial charge in [0.25, 0.3) is 0 Å². The second-order valence-electron chi connectivity index (χ2n) is 8.41. The lowest BCUT2D eigenvalue weighted by Gasteiger charge is -2.29. The van der Waals surface area contributed by atoms with Crippen LogP contribution in [0.15, 0.2) is 72.8 Å².